The Morgan fingerprint density at radius 2 is 1.70 bits per heavy atom. The summed E-state index contributed by atoms with van der Waals surface area (Å²) in [6.45, 7) is 3.73. The van der Waals surface area contributed by atoms with Crippen molar-refractivity contribution in [1.82, 2.24) is 4.72 Å². The lowest BCUT2D eigenvalue weighted by Gasteiger charge is -2.19. The van der Waals surface area contributed by atoms with Gasteiger partial charge in [0.1, 0.15) is 0 Å². The number of rotatable bonds is 5. The molecule has 3 N–H and O–H groups in total. The van der Waals surface area contributed by atoms with E-state index in [2.05, 4.69) is 4.72 Å². The molecule has 0 bridgehead atoms. The van der Waals surface area contributed by atoms with Gasteiger partial charge in [-0.3, -0.25) is 0 Å². The number of aryl methyl sites for hydroxylation is 1. The first kappa shape index (κ1) is 13.9. The van der Waals surface area contributed by atoms with Gasteiger partial charge in [-0.15, -0.1) is 0 Å². The minimum absolute atomic E-state index is 0.126. The Hall–Kier alpha value is -1.07. The highest BCUT2D eigenvalue weighted by atomic mass is 32.2. The van der Waals surface area contributed by atoms with Crippen molar-refractivity contribution < 1.29 is 8.42 Å². The van der Waals surface area contributed by atoms with Crippen molar-refractivity contribution in [2.75, 3.05) is 5.73 Å². The topological polar surface area (TPSA) is 72.2 Å². The molecule has 0 heterocycles. The molecule has 3 rings (SSSR count). The Balaban J connectivity index is 1.91. The van der Waals surface area contributed by atoms with Gasteiger partial charge in [0, 0.05) is 11.7 Å². The van der Waals surface area contributed by atoms with Crippen LogP contribution in [0.4, 0.5) is 5.69 Å². The molecule has 2 saturated carbocycles. The maximum Gasteiger partial charge on any atom is 0.241 e. The summed E-state index contributed by atoms with van der Waals surface area (Å²) in [5.74, 6) is 1.08. The summed E-state index contributed by atoms with van der Waals surface area (Å²) in [6, 6.07) is 3.51. The highest BCUT2D eigenvalue weighted by Gasteiger charge is 2.43. The molecule has 0 aromatic heterocycles. The zero-order valence-electron chi connectivity index (χ0n) is 12.0. The zero-order chi connectivity index (χ0) is 14.5. The van der Waals surface area contributed by atoms with Crippen LogP contribution in [0.2, 0.25) is 0 Å². The first-order valence-corrected chi connectivity index (χ1v) is 8.76. The smallest absolute Gasteiger partial charge is 0.241 e. The van der Waals surface area contributed by atoms with Crippen LogP contribution in [-0.2, 0) is 10.0 Å². The third-order valence-corrected chi connectivity index (χ3v) is 6.07. The fraction of sp³-hybridized carbons (Fsp3) is 0.600. The predicted octanol–water partition coefficient (Wildman–Crippen LogP) is 2.35. The van der Waals surface area contributed by atoms with Crippen LogP contribution in [0.3, 0.4) is 0 Å². The van der Waals surface area contributed by atoms with Gasteiger partial charge in [-0.25, -0.2) is 13.1 Å². The molecule has 0 radical (unpaired) electrons. The molecule has 110 valence electrons. The SMILES string of the molecule is Cc1cc(N)cc(S(=O)(=O)NC(C2CC2)C2CC2)c1C. The minimum atomic E-state index is -3.48. The maximum absolute atomic E-state index is 12.7. The van der Waals surface area contributed by atoms with Crippen LogP contribution >= 0.6 is 0 Å². The van der Waals surface area contributed by atoms with Crippen molar-refractivity contribution >= 4 is 15.7 Å². The summed E-state index contributed by atoms with van der Waals surface area (Å²) in [6.07, 6.45) is 4.61. The Morgan fingerprint density at radius 3 is 2.20 bits per heavy atom. The molecular formula is C15H22N2O2S. The Bertz CT molecular complexity index is 620. The molecule has 0 amide bonds. The second-order valence-electron chi connectivity index (χ2n) is 6.28. The van der Waals surface area contributed by atoms with Crippen molar-refractivity contribution in [2.45, 2.75) is 50.5 Å². The molecule has 0 saturated heterocycles. The number of sulfonamides is 1. The lowest BCUT2D eigenvalue weighted by Crippen LogP contribution is -2.38. The third-order valence-electron chi connectivity index (χ3n) is 4.48. The largest absolute Gasteiger partial charge is 0.399 e. The lowest BCUT2D eigenvalue weighted by molar-refractivity contribution is 0.471. The maximum atomic E-state index is 12.7. The Morgan fingerprint density at radius 1 is 1.15 bits per heavy atom. The molecule has 2 aliphatic carbocycles. The van der Waals surface area contributed by atoms with Gasteiger partial charge < -0.3 is 5.73 Å². The van der Waals surface area contributed by atoms with Gasteiger partial charge >= 0.3 is 0 Å². The molecular weight excluding hydrogens is 272 g/mol. The Labute approximate surface area is 120 Å². The number of anilines is 1. The van der Waals surface area contributed by atoms with Crippen LogP contribution in [-0.4, -0.2) is 14.5 Å². The second kappa shape index (κ2) is 4.74. The van der Waals surface area contributed by atoms with Crippen molar-refractivity contribution in [3.8, 4) is 0 Å². The summed E-state index contributed by atoms with van der Waals surface area (Å²) in [7, 11) is -3.48. The normalized spacial score (nSPS) is 19.6. The van der Waals surface area contributed by atoms with E-state index in [9.17, 15) is 8.42 Å². The van der Waals surface area contributed by atoms with Crippen LogP contribution < -0.4 is 10.5 Å². The van der Waals surface area contributed by atoms with Gasteiger partial charge in [0.05, 0.1) is 4.90 Å². The number of nitrogens with two attached hydrogens (primary N) is 1. The van der Waals surface area contributed by atoms with Crippen molar-refractivity contribution in [2.24, 2.45) is 11.8 Å². The summed E-state index contributed by atoms with van der Waals surface area (Å²) in [4.78, 5) is 0.335. The monoisotopic (exact) mass is 294 g/mol. The molecule has 0 unspecified atom stereocenters. The van der Waals surface area contributed by atoms with Gasteiger partial charge in [-0.2, -0.15) is 0 Å². The molecule has 0 atom stereocenters. The van der Waals surface area contributed by atoms with Crippen LogP contribution in [0, 0.1) is 25.7 Å². The summed E-state index contributed by atoms with van der Waals surface area (Å²) < 4.78 is 28.3. The van der Waals surface area contributed by atoms with Crippen LogP contribution in [0.25, 0.3) is 0 Å². The van der Waals surface area contributed by atoms with Gasteiger partial charge in [0.2, 0.25) is 10.0 Å². The third kappa shape index (κ3) is 2.69. The summed E-state index contributed by atoms with van der Waals surface area (Å²) >= 11 is 0. The molecule has 5 heteroatoms. The molecule has 0 aliphatic heterocycles. The van der Waals surface area contributed by atoms with Crippen molar-refractivity contribution in [3.05, 3.63) is 23.3 Å². The molecule has 2 aliphatic rings. The quantitative estimate of drug-likeness (QED) is 0.819. The van der Waals surface area contributed by atoms with Crippen LogP contribution in [0.15, 0.2) is 17.0 Å². The summed E-state index contributed by atoms with van der Waals surface area (Å²) in [5.41, 5.74) is 8.02. The van der Waals surface area contributed by atoms with E-state index in [1.807, 2.05) is 19.9 Å². The van der Waals surface area contributed by atoms with Crippen LogP contribution in [0.1, 0.15) is 36.8 Å². The van der Waals surface area contributed by atoms with E-state index in [1.165, 1.54) is 0 Å². The predicted molar refractivity (Wildman–Crippen MR) is 79.9 cm³/mol. The van der Waals surface area contributed by atoms with E-state index in [4.69, 9.17) is 5.73 Å². The van der Waals surface area contributed by atoms with E-state index < -0.39 is 10.0 Å². The van der Waals surface area contributed by atoms with E-state index in [1.54, 1.807) is 6.07 Å². The molecule has 4 nitrogen and oxygen atoms in total. The average molecular weight is 294 g/mol. The van der Waals surface area contributed by atoms with Gasteiger partial charge in [-0.05, 0) is 74.6 Å². The molecule has 2 fully saturated rings. The van der Waals surface area contributed by atoms with E-state index in [-0.39, 0.29) is 6.04 Å². The van der Waals surface area contributed by atoms with Gasteiger partial charge in [0.15, 0.2) is 0 Å². The highest BCUT2D eigenvalue weighted by molar-refractivity contribution is 7.89. The van der Waals surface area contributed by atoms with E-state index in [0.717, 1.165) is 36.8 Å². The Kier molecular flexibility index (Phi) is 3.29. The van der Waals surface area contributed by atoms with Crippen molar-refractivity contribution in [3.63, 3.8) is 0 Å². The number of benzene rings is 1. The van der Waals surface area contributed by atoms with E-state index in [0.29, 0.717) is 22.4 Å². The molecule has 1 aromatic carbocycles. The molecule has 20 heavy (non-hydrogen) atoms. The van der Waals surface area contributed by atoms with Gasteiger partial charge in [-0.1, -0.05) is 0 Å². The standard InChI is InChI=1S/C15H22N2O2S/c1-9-7-13(16)8-14(10(9)2)20(18,19)17-15(11-3-4-11)12-5-6-12/h7-8,11-12,15,17H,3-6,16H2,1-2H3. The number of nitrogen functional groups attached to an aromatic ring is 1. The highest BCUT2D eigenvalue weighted by Crippen LogP contribution is 2.45. The van der Waals surface area contributed by atoms with E-state index >= 15 is 0 Å². The number of hydrogen-bond donors (Lipinski definition) is 2. The molecule has 0 spiro atoms. The number of hydrogen-bond acceptors (Lipinski definition) is 3. The van der Waals surface area contributed by atoms with Gasteiger partial charge in [0.25, 0.3) is 0 Å². The number of nitrogens with one attached hydrogen (secondary N) is 1. The first-order valence-electron chi connectivity index (χ1n) is 7.27. The van der Waals surface area contributed by atoms with Crippen molar-refractivity contribution in [1.29, 1.82) is 0 Å². The summed E-state index contributed by atoms with van der Waals surface area (Å²) in [5, 5.41) is 0. The minimum Gasteiger partial charge on any atom is -0.399 e. The lowest BCUT2D eigenvalue weighted by atomic mass is 10.1. The fourth-order valence-corrected chi connectivity index (χ4v) is 4.59. The second-order valence-corrected chi connectivity index (χ2v) is 7.97. The molecule has 1 aromatic rings. The van der Waals surface area contributed by atoms with Crippen LogP contribution in [0.5, 0.6) is 0 Å². The zero-order valence-corrected chi connectivity index (χ0v) is 12.8. The first-order chi connectivity index (χ1) is 9.38. The average Bonchev–Trinajstić information content (AvgIpc) is 3.24. The fourth-order valence-electron chi connectivity index (χ4n) is 2.86.